The zero-order valence-electron chi connectivity index (χ0n) is 8.82. The van der Waals surface area contributed by atoms with Crippen LogP contribution in [0, 0.1) is 6.92 Å². The summed E-state index contributed by atoms with van der Waals surface area (Å²) < 4.78 is 5.20. The summed E-state index contributed by atoms with van der Waals surface area (Å²) >= 11 is 0. The van der Waals surface area contributed by atoms with Crippen LogP contribution < -0.4 is 5.46 Å². The maximum atomic E-state index is 9.20. The van der Waals surface area contributed by atoms with Crippen molar-refractivity contribution in [1.82, 2.24) is 5.16 Å². The van der Waals surface area contributed by atoms with Gasteiger partial charge in [-0.2, -0.15) is 0 Å². The standard InChI is InChI=1S/C11H12BNO2/c1-7-10(6-14)11(15-13-7)8-2-4-9(12)5-3-8/h2-5,14H,6,12H2,1H3. The van der Waals surface area contributed by atoms with E-state index in [1.54, 1.807) is 0 Å². The summed E-state index contributed by atoms with van der Waals surface area (Å²) in [6.07, 6.45) is 0. The molecular weight excluding hydrogens is 189 g/mol. The Kier molecular flexibility index (Phi) is 2.60. The fraction of sp³-hybridized carbons (Fsp3) is 0.182. The highest BCUT2D eigenvalue weighted by Crippen LogP contribution is 2.25. The number of benzene rings is 1. The molecule has 76 valence electrons. The number of hydrogen-bond donors (Lipinski definition) is 1. The molecule has 1 aromatic heterocycles. The fourth-order valence-electron chi connectivity index (χ4n) is 1.51. The van der Waals surface area contributed by atoms with Crippen LogP contribution >= 0.6 is 0 Å². The molecule has 0 amide bonds. The quantitative estimate of drug-likeness (QED) is 0.715. The van der Waals surface area contributed by atoms with Gasteiger partial charge in [0.05, 0.1) is 12.3 Å². The molecule has 0 radical (unpaired) electrons. The maximum Gasteiger partial charge on any atom is 0.172 e. The third-order valence-electron chi connectivity index (χ3n) is 2.46. The second kappa shape index (κ2) is 3.91. The van der Waals surface area contributed by atoms with Crippen molar-refractivity contribution >= 4 is 13.3 Å². The summed E-state index contributed by atoms with van der Waals surface area (Å²) in [5.74, 6) is 0.662. The van der Waals surface area contributed by atoms with Gasteiger partial charge in [0.2, 0.25) is 0 Å². The second-order valence-corrected chi connectivity index (χ2v) is 3.60. The lowest BCUT2D eigenvalue weighted by molar-refractivity contribution is 0.281. The van der Waals surface area contributed by atoms with Crippen LogP contribution in [-0.4, -0.2) is 18.1 Å². The average Bonchev–Trinajstić information content (AvgIpc) is 2.61. The molecule has 0 aliphatic heterocycles. The summed E-state index contributed by atoms with van der Waals surface area (Å²) in [5, 5.41) is 13.1. The molecule has 0 fully saturated rings. The highest BCUT2D eigenvalue weighted by atomic mass is 16.5. The van der Waals surface area contributed by atoms with Gasteiger partial charge in [-0.25, -0.2) is 0 Å². The molecule has 4 heteroatoms. The largest absolute Gasteiger partial charge is 0.391 e. The van der Waals surface area contributed by atoms with E-state index in [0.29, 0.717) is 5.76 Å². The molecule has 0 aliphatic rings. The smallest absolute Gasteiger partial charge is 0.172 e. The minimum Gasteiger partial charge on any atom is -0.391 e. The Morgan fingerprint density at radius 2 is 2.00 bits per heavy atom. The van der Waals surface area contributed by atoms with Crippen molar-refractivity contribution in [2.75, 3.05) is 0 Å². The van der Waals surface area contributed by atoms with Crippen LogP contribution in [0.25, 0.3) is 11.3 Å². The molecule has 1 aromatic carbocycles. The first-order valence-electron chi connectivity index (χ1n) is 4.85. The molecule has 3 nitrogen and oxygen atoms in total. The van der Waals surface area contributed by atoms with Gasteiger partial charge in [0.1, 0.15) is 7.85 Å². The number of nitrogens with zero attached hydrogens (tertiary/aromatic N) is 1. The van der Waals surface area contributed by atoms with E-state index in [9.17, 15) is 5.11 Å². The third kappa shape index (κ3) is 1.81. The van der Waals surface area contributed by atoms with Gasteiger partial charge in [-0.15, -0.1) is 0 Å². The van der Waals surface area contributed by atoms with E-state index in [1.807, 2.05) is 39.0 Å². The van der Waals surface area contributed by atoms with Gasteiger partial charge < -0.3 is 9.63 Å². The molecule has 0 spiro atoms. The lowest BCUT2D eigenvalue weighted by atomic mass is 9.94. The minimum atomic E-state index is -0.0431. The molecule has 0 saturated carbocycles. The summed E-state index contributed by atoms with van der Waals surface area (Å²) in [6, 6.07) is 7.95. The van der Waals surface area contributed by atoms with Gasteiger partial charge in [-0.1, -0.05) is 34.9 Å². The van der Waals surface area contributed by atoms with E-state index in [2.05, 4.69) is 5.16 Å². The monoisotopic (exact) mass is 201 g/mol. The van der Waals surface area contributed by atoms with Gasteiger partial charge in [0.15, 0.2) is 5.76 Å². The van der Waals surface area contributed by atoms with Gasteiger partial charge in [-0.3, -0.25) is 0 Å². The Balaban J connectivity index is 2.49. The Morgan fingerprint density at radius 1 is 1.33 bits per heavy atom. The zero-order valence-corrected chi connectivity index (χ0v) is 8.82. The zero-order chi connectivity index (χ0) is 10.8. The molecule has 0 unspecified atom stereocenters. The number of aromatic nitrogens is 1. The van der Waals surface area contributed by atoms with Crippen molar-refractivity contribution in [3.05, 3.63) is 35.5 Å². The van der Waals surface area contributed by atoms with Crippen LogP contribution in [0.4, 0.5) is 0 Å². The van der Waals surface area contributed by atoms with Crippen molar-refractivity contribution in [1.29, 1.82) is 0 Å². The number of aryl methyl sites for hydroxylation is 1. The Hall–Kier alpha value is -1.55. The van der Waals surface area contributed by atoms with Gasteiger partial charge in [0.25, 0.3) is 0 Å². The Labute approximate surface area is 89.1 Å². The maximum absolute atomic E-state index is 9.20. The van der Waals surface area contributed by atoms with Crippen LogP contribution in [-0.2, 0) is 6.61 Å². The second-order valence-electron chi connectivity index (χ2n) is 3.60. The lowest BCUT2D eigenvalue weighted by Gasteiger charge is -1.99. The first kappa shape index (κ1) is 9.99. The number of hydrogen-bond acceptors (Lipinski definition) is 3. The lowest BCUT2D eigenvalue weighted by Crippen LogP contribution is -1.99. The first-order chi connectivity index (χ1) is 7.22. The van der Waals surface area contributed by atoms with Gasteiger partial charge in [0, 0.05) is 11.1 Å². The van der Waals surface area contributed by atoms with E-state index in [4.69, 9.17) is 4.52 Å². The van der Waals surface area contributed by atoms with Gasteiger partial charge >= 0.3 is 0 Å². The molecule has 0 atom stereocenters. The molecule has 1 N–H and O–H groups in total. The highest BCUT2D eigenvalue weighted by Gasteiger charge is 2.13. The summed E-state index contributed by atoms with van der Waals surface area (Å²) in [6.45, 7) is 1.78. The number of aliphatic hydroxyl groups is 1. The van der Waals surface area contributed by atoms with E-state index in [1.165, 1.54) is 5.46 Å². The molecule has 2 aromatic rings. The minimum absolute atomic E-state index is 0.0431. The summed E-state index contributed by atoms with van der Waals surface area (Å²) in [4.78, 5) is 0. The summed E-state index contributed by atoms with van der Waals surface area (Å²) in [7, 11) is 2.03. The van der Waals surface area contributed by atoms with Crippen LogP contribution in [0.1, 0.15) is 11.3 Å². The van der Waals surface area contributed by atoms with Crippen molar-refractivity contribution in [2.24, 2.45) is 0 Å². The van der Waals surface area contributed by atoms with Crippen LogP contribution in [0.15, 0.2) is 28.8 Å². The molecule has 0 bridgehead atoms. The van der Waals surface area contributed by atoms with E-state index in [-0.39, 0.29) is 6.61 Å². The normalized spacial score (nSPS) is 10.5. The Morgan fingerprint density at radius 3 is 2.60 bits per heavy atom. The Bertz CT molecular complexity index is 462. The average molecular weight is 201 g/mol. The molecule has 0 aliphatic carbocycles. The fourth-order valence-corrected chi connectivity index (χ4v) is 1.51. The van der Waals surface area contributed by atoms with Gasteiger partial charge in [-0.05, 0) is 6.92 Å². The first-order valence-corrected chi connectivity index (χ1v) is 4.85. The molecule has 1 heterocycles. The predicted octanol–water partition coefficient (Wildman–Crippen LogP) is 0.401. The molecule has 15 heavy (non-hydrogen) atoms. The third-order valence-corrected chi connectivity index (χ3v) is 2.46. The molecule has 2 rings (SSSR count). The van der Waals surface area contributed by atoms with Crippen LogP contribution in [0.5, 0.6) is 0 Å². The van der Waals surface area contributed by atoms with Crippen molar-refractivity contribution in [3.63, 3.8) is 0 Å². The topological polar surface area (TPSA) is 46.3 Å². The van der Waals surface area contributed by atoms with E-state index >= 15 is 0 Å². The molecular formula is C11H12BNO2. The SMILES string of the molecule is Bc1ccc(-c2onc(C)c2CO)cc1. The number of rotatable bonds is 2. The predicted molar refractivity (Wildman–Crippen MR) is 60.8 cm³/mol. The van der Waals surface area contributed by atoms with E-state index in [0.717, 1.165) is 16.8 Å². The number of aliphatic hydroxyl groups excluding tert-OH is 1. The van der Waals surface area contributed by atoms with E-state index < -0.39 is 0 Å². The van der Waals surface area contributed by atoms with Crippen molar-refractivity contribution in [3.8, 4) is 11.3 Å². The van der Waals surface area contributed by atoms with Crippen molar-refractivity contribution in [2.45, 2.75) is 13.5 Å². The summed E-state index contributed by atoms with van der Waals surface area (Å²) in [5.41, 5.74) is 3.65. The van der Waals surface area contributed by atoms with Crippen LogP contribution in [0.3, 0.4) is 0 Å². The van der Waals surface area contributed by atoms with Crippen molar-refractivity contribution < 1.29 is 9.63 Å². The van der Waals surface area contributed by atoms with Crippen LogP contribution in [0.2, 0.25) is 0 Å². The molecule has 0 saturated heterocycles. The highest BCUT2D eigenvalue weighted by molar-refractivity contribution is 6.32.